The van der Waals surface area contributed by atoms with E-state index in [1.165, 1.54) is 0 Å². The predicted octanol–water partition coefficient (Wildman–Crippen LogP) is 4.38. The number of nitrogens with zero attached hydrogens (tertiary/aromatic N) is 1. The van der Waals surface area contributed by atoms with Crippen LogP contribution in [-0.2, 0) is 20.7 Å². The van der Waals surface area contributed by atoms with Crippen molar-refractivity contribution in [3.8, 4) is 0 Å². The molecule has 0 saturated carbocycles. The molecule has 0 aromatic heterocycles. The Balaban J connectivity index is 2.25. The molecular formula is C17H20Cl3NO3. The zero-order chi connectivity index (χ0) is 18.0. The molecule has 1 aliphatic rings. The van der Waals surface area contributed by atoms with Gasteiger partial charge in [0.15, 0.2) is 0 Å². The van der Waals surface area contributed by atoms with Gasteiger partial charge in [0.2, 0.25) is 5.91 Å². The number of benzene rings is 1. The standard InChI is InChI=1S/C17H20Cl3NO3/c1-4-24-17(23)15-5-9(2)10(3)21(15)16(22)8-12-13(19)6-11(18)7-14(12)20/h6-7,9-10,15H,4-5,8H2,1-3H3. The summed E-state index contributed by atoms with van der Waals surface area (Å²) in [6.07, 6.45) is 0.607. The number of hydrogen-bond acceptors (Lipinski definition) is 3. The van der Waals surface area contributed by atoms with Gasteiger partial charge in [-0.05, 0) is 43.9 Å². The molecule has 1 saturated heterocycles. The van der Waals surface area contributed by atoms with Gasteiger partial charge in [0, 0.05) is 21.1 Å². The first-order valence-corrected chi connectivity index (χ1v) is 9.00. The third kappa shape index (κ3) is 3.98. The largest absolute Gasteiger partial charge is 0.464 e. The van der Waals surface area contributed by atoms with E-state index in [1.807, 2.05) is 13.8 Å². The number of ether oxygens (including phenoxy) is 1. The van der Waals surface area contributed by atoms with Crippen LogP contribution in [0.5, 0.6) is 0 Å². The molecule has 1 heterocycles. The number of rotatable bonds is 4. The quantitative estimate of drug-likeness (QED) is 0.714. The van der Waals surface area contributed by atoms with Gasteiger partial charge in [-0.3, -0.25) is 4.79 Å². The van der Waals surface area contributed by atoms with Crippen LogP contribution in [-0.4, -0.2) is 35.5 Å². The van der Waals surface area contributed by atoms with E-state index in [0.29, 0.717) is 27.1 Å². The molecule has 24 heavy (non-hydrogen) atoms. The Morgan fingerprint density at radius 2 is 1.79 bits per heavy atom. The molecule has 0 N–H and O–H groups in total. The molecule has 1 aliphatic heterocycles. The SMILES string of the molecule is CCOC(=O)C1CC(C)C(C)N1C(=O)Cc1c(Cl)cc(Cl)cc1Cl. The van der Waals surface area contributed by atoms with Crippen molar-refractivity contribution in [2.75, 3.05) is 6.61 Å². The van der Waals surface area contributed by atoms with Crippen LogP contribution in [0, 0.1) is 5.92 Å². The van der Waals surface area contributed by atoms with Crippen molar-refractivity contribution in [1.82, 2.24) is 4.90 Å². The number of halogens is 3. The fraction of sp³-hybridized carbons (Fsp3) is 0.529. The summed E-state index contributed by atoms with van der Waals surface area (Å²) in [5, 5.41) is 1.09. The van der Waals surface area contributed by atoms with E-state index in [-0.39, 0.29) is 36.9 Å². The van der Waals surface area contributed by atoms with Gasteiger partial charge >= 0.3 is 5.97 Å². The Morgan fingerprint density at radius 3 is 2.33 bits per heavy atom. The topological polar surface area (TPSA) is 46.6 Å². The van der Waals surface area contributed by atoms with Crippen LogP contribution < -0.4 is 0 Å². The molecule has 0 spiro atoms. The van der Waals surface area contributed by atoms with Gasteiger partial charge in [-0.15, -0.1) is 0 Å². The van der Waals surface area contributed by atoms with E-state index < -0.39 is 6.04 Å². The molecule has 3 unspecified atom stereocenters. The lowest BCUT2D eigenvalue weighted by atomic mass is 10.0. The van der Waals surface area contributed by atoms with Gasteiger partial charge in [-0.25, -0.2) is 4.79 Å². The van der Waals surface area contributed by atoms with E-state index in [1.54, 1.807) is 24.0 Å². The van der Waals surface area contributed by atoms with Crippen LogP contribution in [0.25, 0.3) is 0 Å². The lowest BCUT2D eigenvalue weighted by Crippen LogP contribution is -2.45. The molecule has 132 valence electrons. The molecule has 2 rings (SSSR count). The van der Waals surface area contributed by atoms with Crippen molar-refractivity contribution in [2.45, 2.75) is 45.7 Å². The molecule has 3 atom stereocenters. The van der Waals surface area contributed by atoms with Crippen LogP contribution in [0.4, 0.5) is 0 Å². The van der Waals surface area contributed by atoms with Crippen molar-refractivity contribution in [1.29, 1.82) is 0 Å². The molecule has 0 radical (unpaired) electrons. The normalized spacial score (nSPS) is 23.4. The zero-order valence-corrected chi connectivity index (χ0v) is 16.1. The zero-order valence-electron chi connectivity index (χ0n) is 13.8. The molecule has 4 nitrogen and oxygen atoms in total. The molecular weight excluding hydrogens is 373 g/mol. The van der Waals surface area contributed by atoms with Gasteiger partial charge in [-0.2, -0.15) is 0 Å². The minimum atomic E-state index is -0.563. The van der Waals surface area contributed by atoms with Crippen molar-refractivity contribution in [3.05, 3.63) is 32.8 Å². The highest BCUT2D eigenvalue weighted by Crippen LogP contribution is 2.33. The summed E-state index contributed by atoms with van der Waals surface area (Å²) in [5.41, 5.74) is 0.516. The fourth-order valence-corrected chi connectivity index (χ4v) is 4.00. The van der Waals surface area contributed by atoms with E-state index in [9.17, 15) is 9.59 Å². The number of carbonyl (C=O) groups excluding carboxylic acids is 2. The minimum Gasteiger partial charge on any atom is -0.464 e. The maximum absolute atomic E-state index is 12.8. The Hall–Kier alpha value is -0.970. The van der Waals surface area contributed by atoms with Crippen LogP contribution in [0.3, 0.4) is 0 Å². The number of likely N-dealkylation sites (tertiary alicyclic amines) is 1. The third-order valence-electron chi connectivity index (χ3n) is 4.47. The van der Waals surface area contributed by atoms with Crippen molar-refractivity contribution in [3.63, 3.8) is 0 Å². The van der Waals surface area contributed by atoms with Gasteiger partial charge in [0.25, 0.3) is 0 Å². The summed E-state index contributed by atoms with van der Waals surface area (Å²) in [6.45, 7) is 5.99. The average molecular weight is 393 g/mol. The summed E-state index contributed by atoms with van der Waals surface area (Å²) in [5.74, 6) is -0.356. The second-order valence-electron chi connectivity index (χ2n) is 6.05. The predicted molar refractivity (Wildman–Crippen MR) is 95.7 cm³/mol. The molecule has 0 bridgehead atoms. The Kier molecular flexibility index (Phi) is 6.40. The lowest BCUT2D eigenvalue weighted by molar-refractivity contribution is -0.153. The number of carbonyl (C=O) groups is 2. The highest BCUT2D eigenvalue weighted by atomic mass is 35.5. The fourth-order valence-electron chi connectivity index (χ4n) is 3.05. The minimum absolute atomic E-state index is 0.0157. The van der Waals surface area contributed by atoms with E-state index in [4.69, 9.17) is 39.5 Å². The first kappa shape index (κ1) is 19.4. The van der Waals surface area contributed by atoms with Crippen LogP contribution in [0.1, 0.15) is 32.8 Å². The van der Waals surface area contributed by atoms with Gasteiger partial charge in [0.05, 0.1) is 13.0 Å². The average Bonchev–Trinajstić information content (AvgIpc) is 2.79. The van der Waals surface area contributed by atoms with Gasteiger partial charge in [0.1, 0.15) is 6.04 Å². The monoisotopic (exact) mass is 391 g/mol. The first-order valence-electron chi connectivity index (χ1n) is 7.87. The Morgan fingerprint density at radius 1 is 1.21 bits per heavy atom. The van der Waals surface area contributed by atoms with Crippen LogP contribution >= 0.6 is 34.8 Å². The summed E-state index contributed by atoms with van der Waals surface area (Å²) in [7, 11) is 0. The number of hydrogen-bond donors (Lipinski definition) is 0. The maximum Gasteiger partial charge on any atom is 0.328 e. The Bertz CT molecular complexity index is 627. The maximum atomic E-state index is 12.8. The second-order valence-corrected chi connectivity index (χ2v) is 7.30. The highest BCUT2D eigenvalue weighted by Gasteiger charge is 2.43. The second kappa shape index (κ2) is 7.94. The lowest BCUT2D eigenvalue weighted by Gasteiger charge is -2.28. The Labute approximate surface area is 157 Å². The summed E-state index contributed by atoms with van der Waals surface area (Å²) in [6, 6.07) is 2.48. The summed E-state index contributed by atoms with van der Waals surface area (Å²) in [4.78, 5) is 26.6. The molecule has 1 fully saturated rings. The van der Waals surface area contributed by atoms with Gasteiger partial charge < -0.3 is 9.64 Å². The van der Waals surface area contributed by atoms with E-state index in [2.05, 4.69) is 0 Å². The van der Waals surface area contributed by atoms with Crippen molar-refractivity contribution >= 4 is 46.7 Å². The van der Waals surface area contributed by atoms with E-state index >= 15 is 0 Å². The summed E-state index contributed by atoms with van der Waals surface area (Å²) >= 11 is 18.2. The van der Waals surface area contributed by atoms with Crippen molar-refractivity contribution in [2.24, 2.45) is 5.92 Å². The van der Waals surface area contributed by atoms with Gasteiger partial charge in [-0.1, -0.05) is 41.7 Å². The molecule has 1 aromatic rings. The van der Waals surface area contributed by atoms with Crippen LogP contribution in [0.2, 0.25) is 15.1 Å². The smallest absolute Gasteiger partial charge is 0.328 e. The molecule has 7 heteroatoms. The molecule has 1 amide bonds. The number of amides is 1. The molecule has 1 aromatic carbocycles. The number of esters is 1. The van der Waals surface area contributed by atoms with Crippen LogP contribution in [0.15, 0.2) is 12.1 Å². The summed E-state index contributed by atoms with van der Waals surface area (Å²) < 4.78 is 5.11. The third-order valence-corrected chi connectivity index (χ3v) is 5.37. The molecule has 0 aliphatic carbocycles. The van der Waals surface area contributed by atoms with Crippen molar-refractivity contribution < 1.29 is 14.3 Å². The van der Waals surface area contributed by atoms with E-state index in [0.717, 1.165) is 0 Å². The highest BCUT2D eigenvalue weighted by molar-refractivity contribution is 6.39. The first-order chi connectivity index (χ1) is 11.3.